The van der Waals surface area contributed by atoms with Gasteiger partial charge in [0, 0.05) is 5.56 Å². The molecule has 23 heavy (non-hydrogen) atoms. The second-order valence-corrected chi connectivity index (χ2v) is 6.24. The van der Waals surface area contributed by atoms with E-state index in [4.69, 9.17) is 4.74 Å². The van der Waals surface area contributed by atoms with Gasteiger partial charge in [-0.3, -0.25) is 4.79 Å². The Bertz CT molecular complexity index is 721. The maximum absolute atomic E-state index is 13.9. The molecule has 0 spiro atoms. The van der Waals surface area contributed by atoms with Crippen LogP contribution in [0.5, 0.6) is 5.75 Å². The van der Waals surface area contributed by atoms with Crippen LogP contribution in [0.4, 0.5) is 8.78 Å². The van der Waals surface area contributed by atoms with E-state index in [-0.39, 0.29) is 23.4 Å². The summed E-state index contributed by atoms with van der Waals surface area (Å²) in [4.78, 5) is 13.7. The highest BCUT2D eigenvalue weighted by Gasteiger charge is 2.33. The smallest absolute Gasteiger partial charge is 0.234 e. The fourth-order valence-corrected chi connectivity index (χ4v) is 3.71. The van der Waals surface area contributed by atoms with Crippen LogP contribution in [0, 0.1) is 11.6 Å². The summed E-state index contributed by atoms with van der Waals surface area (Å²) in [6, 6.07) is 11.4. The van der Waals surface area contributed by atoms with Crippen LogP contribution >= 0.6 is 11.8 Å². The molecule has 1 aliphatic heterocycles. The van der Waals surface area contributed by atoms with Crippen LogP contribution in [0.2, 0.25) is 0 Å². The van der Waals surface area contributed by atoms with Gasteiger partial charge in [-0.2, -0.15) is 0 Å². The number of benzene rings is 2. The summed E-state index contributed by atoms with van der Waals surface area (Å²) in [6.07, 6.45) is 0. The minimum atomic E-state index is -0.900. The molecule has 3 nitrogen and oxygen atoms in total. The van der Waals surface area contributed by atoms with E-state index in [1.54, 1.807) is 12.0 Å². The van der Waals surface area contributed by atoms with Gasteiger partial charge in [-0.05, 0) is 23.8 Å². The molecule has 1 heterocycles. The first-order valence-corrected chi connectivity index (χ1v) is 8.13. The standard InChI is InChI=1S/C17H15F2NO2S/c1-22-13-7-5-11(6-8-13)17-20(15(21)10-23-17)9-12-3-2-4-14(18)16(12)19/h2-8,17H,9-10H2,1H3. The molecule has 1 saturated heterocycles. The van der Waals surface area contributed by atoms with Crippen molar-refractivity contribution in [3.8, 4) is 5.75 Å². The fraction of sp³-hybridized carbons (Fsp3) is 0.235. The number of amides is 1. The minimum absolute atomic E-state index is 0.0477. The number of carbonyl (C=O) groups is 1. The molecule has 1 aliphatic rings. The Morgan fingerprint density at radius 3 is 2.65 bits per heavy atom. The highest BCUT2D eigenvalue weighted by atomic mass is 32.2. The largest absolute Gasteiger partial charge is 0.497 e. The van der Waals surface area contributed by atoms with Crippen molar-refractivity contribution in [1.82, 2.24) is 4.90 Å². The quantitative estimate of drug-likeness (QED) is 0.852. The fourth-order valence-electron chi connectivity index (χ4n) is 2.52. The first-order valence-electron chi connectivity index (χ1n) is 7.08. The summed E-state index contributed by atoms with van der Waals surface area (Å²) in [5.41, 5.74) is 1.11. The number of carbonyl (C=O) groups excluding carboxylic acids is 1. The predicted molar refractivity (Wildman–Crippen MR) is 85.1 cm³/mol. The summed E-state index contributed by atoms with van der Waals surface area (Å²) in [5.74, 6) is -0.827. The average Bonchev–Trinajstić information content (AvgIpc) is 2.93. The van der Waals surface area contributed by atoms with Gasteiger partial charge in [0.1, 0.15) is 11.1 Å². The van der Waals surface area contributed by atoms with Crippen LogP contribution in [-0.2, 0) is 11.3 Å². The molecular formula is C17H15F2NO2S. The number of ether oxygens (including phenoxy) is 1. The third-order valence-corrected chi connectivity index (χ3v) is 5.00. The Balaban J connectivity index is 1.86. The maximum Gasteiger partial charge on any atom is 0.234 e. The van der Waals surface area contributed by atoms with Gasteiger partial charge in [0.15, 0.2) is 11.6 Å². The maximum atomic E-state index is 13.9. The Morgan fingerprint density at radius 1 is 1.22 bits per heavy atom. The molecule has 1 unspecified atom stereocenters. The highest BCUT2D eigenvalue weighted by molar-refractivity contribution is 8.00. The number of nitrogens with zero attached hydrogens (tertiary/aromatic N) is 1. The van der Waals surface area contributed by atoms with Gasteiger partial charge in [0.25, 0.3) is 0 Å². The number of rotatable bonds is 4. The minimum Gasteiger partial charge on any atom is -0.497 e. The summed E-state index contributed by atoms with van der Waals surface area (Å²) >= 11 is 1.47. The van der Waals surface area contributed by atoms with E-state index < -0.39 is 11.6 Å². The van der Waals surface area contributed by atoms with Crippen molar-refractivity contribution in [2.75, 3.05) is 12.9 Å². The van der Waals surface area contributed by atoms with E-state index in [9.17, 15) is 13.6 Å². The Morgan fingerprint density at radius 2 is 1.96 bits per heavy atom. The lowest BCUT2D eigenvalue weighted by Gasteiger charge is -2.24. The van der Waals surface area contributed by atoms with Gasteiger partial charge in [0.05, 0.1) is 19.4 Å². The predicted octanol–water partition coefficient (Wildman–Crippen LogP) is 3.75. The van der Waals surface area contributed by atoms with E-state index >= 15 is 0 Å². The molecule has 2 aromatic rings. The molecule has 1 amide bonds. The molecule has 120 valence electrons. The molecule has 0 N–H and O–H groups in total. The van der Waals surface area contributed by atoms with Crippen LogP contribution in [0.25, 0.3) is 0 Å². The average molecular weight is 335 g/mol. The zero-order valence-electron chi connectivity index (χ0n) is 12.5. The third kappa shape index (κ3) is 3.17. The van der Waals surface area contributed by atoms with Gasteiger partial charge in [-0.25, -0.2) is 8.78 Å². The van der Waals surface area contributed by atoms with E-state index in [1.807, 2.05) is 24.3 Å². The lowest BCUT2D eigenvalue weighted by Crippen LogP contribution is -2.28. The van der Waals surface area contributed by atoms with E-state index in [0.29, 0.717) is 5.75 Å². The number of methoxy groups -OCH3 is 1. The molecule has 2 aromatic carbocycles. The summed E-state index contributed by atoms with van der Waals surface area (Å²) in [5, 5.41) is -0.212. The molecule has 0 aromatic heterocycles. The van der Waals surface area contributed by atoms with E-state index in [1.165, 1.54) is 23.9 Å². The van der Waals surface area contributed by atoms with Crippen molar-refractivity contribution >= 4 is 17.7 Å². The normalized spacial score (nSPS) is 17.6. The molecule has 3 rings (SSSR count). The van der Waals surface area contributed by atoms with Crippen molar-refractivity contribution in [2.24, 2.45) is 0 Å². The molecule has 1 fully saturated rings. The van der Waals surface area contributed by atoms with Crippen LogP contribution in [0.3, 0.4) is 0 Å². The van der Waals surface area contributed by atoms with Crippen molar-refractivity contribution in [3.63, 3.8) is 0 Å². The number of thioether (sulfide) groups is 1. The lowest BCUT2D eigenvalue weighted by atomic mass is 10.1. The topological polar surface area (TPSA) is 29.5 Å². The van der Waals surface area contributed by atoms with Crippen LogP contribution in [0.15, 0.2) is 42.5 Å². The van der Waals surface area contributed by atoms with Crippen LogP contribution in [-0.4, -0.2) is 23.7 Å². The SMILES string of the molecule is COc1ccc(C2SCC(=O)N2Cc2cccc(F)c2F)cc1. The molecule has 0 saturated carbocycles. The van der Waals surface area contributed by atoms with Crippen molar-refractivity contribution in [2.45, 2.75) is 11.9 Å². The zero-order valence-corrected chi connectivity index (χ0v) is 13.3. The molecule has 6 heteroatoms. The van der Waals surface area contributed by atoms with Crippen molar-refractivity contribution in [1.29, 1.82) is 0 Å². The van der Waals surface area contributed by atoms with E-state index in [2.05, 4.69) is 0 Å². The highest BCUT2D eigenvalue weighted by Crippen LogP contribution is 2.40. The van der Waals surface area contributed by atoms with Gasteiger partial charge >= 0.3 is 0 Å². The first-order chi connectivity index (χ1) is 11.1. The third-order valence-electron chi connectivity index (χ3n) is 3.74. The van der Waals surface area contributed by atoms with Gasteiger partial charge < -0.3 is 9.64 Å². The Labute approximate surface area is 137 Å². The first kappa shape index (κ1) is 15.8. The number of hydrogen-bond acceptors (Lipinski definition) is 3. The van der Waals surface area contributed by atoms with Crippen molar-refractivity contribution in [3.05, 3.63) is 65.2 Å². The van der Waals surface area contributed by atoms with Crippen LogP contribution < -0.4 is 4.74 Å². The summed E-state index contributed by atoms with van der Waals surface area (Å²) in [7, 11) is 1.59. The number of hydrogen-bond donors (Lipinski definition) is 0. The monoisotopic (exact) mass is 335 g/mol. The van der Waals surface area contributed by atoms with Gasteiger partial charge in [-0.1, -0.05) is 24.3 Å². The number of halogens is 2. The molecular weight excluding hydrogens is 320 g/mol. The Kier molecular flexibility index (Phi) is 4.52. The van der Waals surface area contributed by atoms with Gasteiger partial charge in [0.2, 0.25) is 5.91 Å². The summed E-state index contributed by atoms with van der Waals surface area (Å²) in [6.45, 7) is 0.0477. The lowest BCUT2D eigenvalue weighted by molar-refractivity contribution is -0.128. The van der Waals surface area contributed by atoms with Gasteiger partial charge in [-0.15, -0.1) is 11.8 Å². The van der Waals surface area contributed by atoms with E-state index in [0.717, 1.165) is 17.4 Å². The summed E-state index contributed by atoms with van der Waals surface area (Å²) < 4.78 is 32.4. The molecule has 0 aliphatic carbocycles. The Hall–Kier alpha value is -2.08. The van der Waals surface area contributed by atoms with Crippen molar-refractivity contribution < 1.29 is 18.3 Å². The zero-order chi connectivity index (χ0) is 16.4. The second kappa shape index (κ2) is 6.58. The molecule has 0 bridgehead atoms. The second-order valence-electron chi connectivity index (χ2n) is 5.17. The molecule has 1 atom stereocenters. The molecule has 0 radical (unpaired) electrons. The van der Waals surface area contributed by atoms with Crippen LogP contribution in [0.1, 0.15) is 16.5 Å².